The molecule has 2 aromatic rings. The van der Waals surface area contributed by atoms with Crippen LogP contribution in [0, 0.1) is 5.82 Å². The smallest absolute Gasteiger partial charge is 0.243 e. The van der Waals surface area contributed by atoms with E-state index in [-0.39, 0.29) is 22.7 Å². The Morgan fingerprint density at radius 2 is 1.89 bits per heavy atom. The minimum Gasteiger partial charge on any atom is -0.489 e. The molecule has 0 N–H and O–H groups in total. The van der Waals surface area contributed by atoms with Gasteiger partial charge in [0.25, 0.3) is 0 Å². The topological polar surface area (TPSA) is 66.9 Å². The highest BCUT2D eigenvalue weighted by atomic mass is 32.2. The molecule has 148 valence electrons. The van der Waals surface area contributed by atoms with E-state index in [1.165, 1.54) is 35.5 Å². The Bertz CT molecular complexity index is 1010. The molecule has 28 heavy (non-hydrogen) atoms. The SMILES string of the molecule is CC(=O)N1CCOc2cc(S(=O)(=O)N3CCCC3c3ccc(F)cc3)ccc21. The second-order valence-corrected chi connectivity index (χ2v) is 8.86. The van der Waals surface area contributed by atoms with Crippen LogP contribution >= 0.6 is 0 Å². The fourth-order valence-corrected chi connectivity index (χ4v) is 5.57. The summed E-state index contributed by atoms with van der Waals surface area (Å²) in [6, 6.07) is 10.3. The molecule has 0 bridgehead atoms. The molecule has 0 spiro atoms. The third-order valence-corrected chi connectivity index (χ3v) is 7.14. The van der Waals surface area contributed by atoms with Crippen molar-refractivity contribution in [2.45, 2.75) is 30.7 Å². The Hall–Kier alpha value is -2.45. The number of carbonyl (C=O) groups excluding carboxylic acids is 1. The molecule has 0 radical (unpaired) electrons. The van der Waals surface area contributed by atoms with E-state index in [9.17, 15) is 17.6 Å². The van der Waals surface area contributed by atoms with Crippen LogP contribution in [0.3, 0.4) is 0 Å². The lowest BCUT2D eigenvalue weighted by atomic mass is 10.1. The molecule has 0 aromatic heterocycles. The molecule has 1 saturated heterocycles. The average Bonchev–Trinajstić information content (AvgIpc) is 3.18. The van der Waals surface area contributed by atoms with Gasteiger partial charge in [-0.15, -0.1) is 0 Å². The van der Waals surface area contributed by atoms with Crippen molar-refractivity contribution in [2.24, 2.45) is 0 Å². The Morgan fingerprint density at radius 1 is 1.14 bits per heavy atom. The number of anilines is 1. The standard InChI is InChI=1S/C20H21FN2O4S/c1-14(24)22-11-12-27-20-13-17(8-9-19(20)22)28(25,26)23-10-2-3-18(23)15-4-6-16(21)7-5-15/h4-9,13,18H,2-3,10-12H2,1H3. The molecule has 1 amide bonds. The number of rotatable bonds is 3. The molecule has 1 fully saturated rings. The number of amides is 1. The molecule has 2 aromatic carbocycles. The van der Waals surface area contributed by atoms with Gasteiger partial charge in [0.2, 0.25) is 15.9 Å². The highest BCUT2D eigenvalue weighted by Crippen LogP contribution is 2.39. The van der Waals surface area contributed by atoms with Gasteiger partial charge >= 0.3 is 0 Å². The number of fused-ring (bicyclic) bond motifs is 1. The summed E-state index contributed by atoms with van der Waals surface area (Å²) < 4.78 is 46.9. The Kier molecular flexibility index (Phi) is 4.84. The summed E-state index contributed by atoms with van der Waals surface area (Å²) in [4.78, 5) is 13.5. The lowest BCUT2D eigenvalue weighted by Gasteiger charge is -2.30. The van der Waals surface area contributed by atoms with E-state index in [0.29, 0.717) is 37.6 Å². The minimum atomic E-state index is -3.76. The molecular formula is C20H21FN2O4S. The summed E-state index contributed by atoms with van der Waals surface area (Å²) in [5.74, 6) is -0.0749. The van der Waals surface area contributed by atoms with E-state index >= 15 is 0 Å². The van der Waals surface area contributed by atoms with Gasteiger partial charge in [-0.1, -0.05) is 12.1 Å². The number of benzene rings is 2. The predicted molar refractivity (Wildman–Crippen MR) is 102 cm³/mol. The van der Waals surface area contributed by atoms with Crippen LogP contribution in [0.1, 0.15) is 31.4 Å². The molecule has 1 atom stereocenters. The summed E-state index contributed by atoms with van der Waals surface area (Å²) in [6.07, 6.45) is 1.42. The van der Waals surface area contributed by atoms with Gasteiger partial charge in [0, 0.05) is 19.5 Å². The van der Waals surface area contributed by atoms with Gasteiger partial charge < -0.3 is 9.64 Å². The molecule has 0 aliphatic carbocycles. The maximum absolute atomic E-state index is 13.3. The van der Waals surface area contributed by atoms with Crippen LogP contribution in [-0.2, 0) is 14.8 Å². The first-order valence-electron chi connectivity index (χ1n) is 9.20. The number of hydrogen-bond acceptors (Lipinski definition) is 4. The van der Waals surface area contributed by atoms with Crippen LogP contribution in [0.15, 0.2) is 47.4 Å². The normalized spacial score (nSPS) is 19.9. The average molecular weight is 404 g/mol. The predicted octanol–water partition coefficient (Wildman–Crippen LogP) is 3.10. The van der Waals surface area contributed by atoms with Crippen molar-refractivity contribution >= 4 is 21.6 Å². The van der Waals surface area contributed by atoms with E-state index in [1.807, 2.05) is 0 Å². The zero-order valence-corrected chi connectivity index (χ0v) is 16.3. The number of hydrogen-bond donors (Lipinski definition) is 0. The molecule has 2 aliphatic heterocycles. The van der Waals surface area contributed by atoms with Gasteiger partial charge in [0.1, 0.15) is 18.2 Å². The van der Waals surface area contributed by atoms with Crippen molar-refractivity contribution in [3.8, 4) is 5.75 Å². The number of carbonyl (C=O) groups is 1. The van der Waals surface area contributed by atoms with Gasteiger partial charge in [-0.05, 0) is 42.7 Å². The van der Waals surface area contributed by atoms with Crippen molar-refractivity contribution < 1.29 is 22.3 Å². The number of nitrogens with zero attached hydrogens (tertiary/aromatic N) is 2. The van der Waals surface area contributed by atoms with Crippen molar-refractivity contribution in [1.29, 1.82) is 0 Å². The van der Waals surface area contributed by atoms with Crippen molar-refractivity contribution in [2.75, 3.05) is 24.6 Å². The summed E-state index contributed by atoms with van der Waals surface area (Å²) in [5, 5.41) is 0. The van der Waals surface area contributed by atoms with Crippen molar-refractivity contribution in [3.63, 3.8) is 0 Å². The first-order valence-corrected chi connectivity index (χ1v) is 10.6. The molecule has 2 heterocycles. The highest BCUT2D eigenvalue weighted by molar-refractivity contribution is 7.89. The summed E-state index contributed by atoms with van der Waals surface area (Å²) >= 11 is 0. The maximum Gasteiger partial charge on any atom is 0.243 e. The number of halogens is 1. The lowest BCUT2D eigenvalue weighted by Crippen LogP contribution is -2.36. The van der Waals surface area contributed by atoms with Gasteiger partial charge in [0.05, 0.1) is 23.2 Å². The third-order valence-electron chi connectivity index (χ3n) is 5.24. The van der Waals surface area contributed by atoms with Crippen LogP contribution < -0.4 is 9.64 Å². The van der Waals surface area contributed by atoms with E-state index in [1.54, 1.807) is 23.1 Å². The fraction of sp³-hybridized carbons (Fsp3) is 0.350. The third kappa shape index (κ3) is 3.27. The molecule has 1 unspecified atom stereocenters. The Balaban J connectivity index is 1.68. The molecule has 6 nitrogen and oxygen atoms in total. The highest BCUT2D eigenvalue weighted by Gasteiger charge is 2.37. The summed E-state index contributed by atoms with van der Waals surface area (Å²) in [5.41, 5.74) is 1.36. The van der Waals surface area contributed by atoms with Gasteiger partial charge in [-0.2, -0.15) is 4.31 Å². The van der Waals surface area contributed by atoms with Crippen LogP contribution in [0.4, 0.5) is 10.1 Å². The second-order valence-electron chi connectivity index (χ2n) is 6.97. The van der Waals surface area contributed by atoms with Crippen LogP contribution in [-0.4, -0.2) is 38.3 Å². The summed E-state index contributed by atoms with van der Waals surface area (Å²) in [7, 11) is -3.76. The molecule has 4 rings (SSSR count). The Morgan fingerprint density at radius 3 is 2.61 bits per heavy atom. The first-order chi connectivity index (χ1) is 13.4. The van der Waals surface area contributed by atoms with Crippen LogP contribution in [0.5, 0.6) is 5.75 Å². The maximum atomic E-state index is 13.3. The number of sulfonamides is 1. The molecule has 8 heteroatoms. The molecule has 2 aliphatic rings. The second kappa shape index (κ2) is 7.18. The quantitative estimate of drug-likeness (QED) is 0.789. The van der Waals surface area contributed by atoms with Gasteiger partial charge in [-0.25, -0.2) is 12.8 Å². The van der Waals surface area contributed by atoms with E-state index in [2.05, 4.69) is 0 Å². The minimum absolute atomic E-state index is 0.115. The number of ether oxygens (including phenoxy) is 1. The first kappa shape index (κ1) is 18.9. The zero-order valence-electron chi connectivity index (χ0n) is 15.5. The monoisotopic (exact) mass is 404 g/mol. The fourth-order valence-electron chi connectivity index (χ4n) is 3.87. The lowest BCUT2D eigenvalue weighted by molar-refractivity contribution is -0.116. The molecular weight excluding hydrogens is 383 g/mol. The van der Waals surface area contributed by atoms with E-state index in [4.69, 9.17) is 4.74 Å². The Labute approximate surface area is 163 Å². The largest absolute Gasteiger partial charge is 0.489 e. The molecule has 0 saturated carbocycles. The van der Waals surface area contributed by atoms with Crippen LogP contribution in [0.25, 0.3) is 0 Å². The van der Waals surface area contributed by atoms with Gasteiger partial charge in [0.15, 0.2) is 0 Å². The van der Waals surface area contributed by atoms with Crippen molar-refractivity contribution in [3.05, 3.63) is 53.8 Å². The van der Waals surface area contributed by atoms with E-state index < -0.39 is 10.0 Å². The van der Waals surface area contributed by atoms with E-state index in [0.717, 1.165) is 12.0 Å². The van der Waals surface area contributed by atoms with Crippen LogP contribution in [0.2, 0.25) is 0 Å². The van der Waals surface area contributed by atoms with Crippen molar-refractivity contribution in [1.82, 2.24) is 4.31 Å². The summed E-state index contributed by atoms with van der Waals surface area (Å²) in [6.45, 7) is 2.63. The zero-order chi connectivity index (χ0) is 19.9. The van der Waals surface area contributed by atoms with Gasteiger partial charge in [-0.3, -0.25) is 4.79 Å².